The Bertz CT molecular complexity index is 37.8. The quantitative estimate of drug-likeness (QED) is 0.542. The maximum absolute atomic E-state index is 3.31. The molecule has 0 saturated heterocycles. The van der Waals surface area contributed by atoms with E-state index < -0.39 is 0 Å². The van der Waals surface area contributed by atoms with E-state index in [9.17, 15) is 0 Å². The van der Waals surface area contributed by atoms with Gasteiger partial charge in [0, 0.05) is 41.6 Å². The summed E-state index contributed by atoms with van der Waals surface area (Å²) in [5.74, 6) is 0. The van der Waals surface area contributed by atoms with Gasteiger partial charge in [-0.25, -0.2) is 0 Å². The normalized spacial score (nSPS) is 9.75. The molecule has 0 aliphatic heterocycles. The Morgan fingerprint density at radius 2 is 1.12 bits per heavy atom. The van der Waals surface area contributed by atoms with E-state index >= 15 is 0 Å². The molecule has 1 radical (unpaired) electrons. The summed E-state index contributed by atoms with van der Waals surface area (Å²) in [6, 6.07) is 1.25. The monoisotopic (exact) mass is 124 g/mol. The van der Waals surface area contributed by atoms with Crippen molar-refractivity contribution in [3.05, 3.63) is 0 Å². The number of nitrogens with one attached hydrogen (secondary N) is 1. The zero-order valence-electron chi connectivity index (χ0n) is 6.65. The summed E-state index contributed by atoms with van der Waals surface area (Å²) in [5.41, 5.74) is 0. The molecule has 0 amide bonds. The summed E-state index contributed by atoms with van der Waals surface area (Å²) in [6.45, 7) is 8.61. The van der Waals surface area contributed by atoms with Crippen LogP contribution in [0.5, 0.6) is 0 Å². The van der Waals surface area contributed by atoms with Crippen LogP contribution in [0.15, 0.2) is 0 Å². The standard InChI is InChI=1S/C6H15N.Na/c1-5(2)7-6(3)4;/h5-7H,1-4H3;. The van der Waals surface area contributed by atoms with E-state index in [1.165, 1.54) is 0 Å². The van der Waals surface area contributed by atoms with Crippen molar-refractivity contribution in [1.29, 1.82) is 0 Å². The van der Waals surface area contributed by atoms with Gasteiger partial charge in [0.1, 0.15) is 0 Å². The molecule has 0 aromatic rings. The third-order valence-corrected chi connectivity index (χ3v) is 0.667. The van der Waals surface area contributed by atoms with Crippen molar-refractivity contribution >= 4 is 29.6 Å². The smallest absolute Gasteiger partial charge is 0.00127 e. The minimum atomic E-state index is 0. The second kappa shape index (κ2) is 6.09. The van der Waals surface area contributed by atoms with Gasteiger partial charge >= 0.3 is 0 Å². The van der Waals surface area contributed by atoms with Gasteiger partial charge in [0.05, 0.1) is 0 Å². The summed E-state index contributed by atoms with van der Waals surface area (Å²) in [7, 11) is 0. The van der Waals surface area contributed by atoms with E-state index in [4.69, 9.17) is 0 Å². The molecule has 0 atom stereocenters. The molecule has 0 spiro atoms. The molecule has 1 nitrogen and oxygen atoms in total. The molecule has 0 aliphatic carbocycles. The number of rotatable bonds is 2. The average Bonchev–Trinajstić information content (AvgIpc) is 1.27. The molecule has 45 valence electrons. The van der Waals surface area contributed by atoms with E-state index in [-0.39, 0.29) is 29.6 Å². The van der Waals surface area contributed by atoms with Crippen LogP contribution in [-0.4, -0.2) is 41.6 Å². The van der Waals surface area contributed by atoms with Gasteiger partial charge in [-0.1, -0.05) is 27.7 Å². The van der Waals surface area contributed by atoms with Crippen molar-refractivity contribution in [1.82, 2.24) is 5.32 Å². The van der Waals surface area contributed by atoms with Crippen molar-refractivity contribution in [2.24, 2.45) is 0 Å². The van der Waals surface area contributed by atoms with Crippen LogP contribution in [0.4, 0.5) is 0 Å². The minimum Gasteiger partial charge on any atom is -0.312 e. The van der Waals surface area contributed by atoms with Gasteiger partial charge in [0.2, 0.25) is 0 Å². The first-order valence-corrected chi connectivity index (χ1v) is 2.89. The predicted octanol–water partition coefficient (Wildman–Crippen LogP) is 1.01. The van der Waals surface area contributed by atoms with Crippen LogP contribution in [-0.2, 0) is 0 Å². The Morgan fingerprint density at radius 1 is 0.875 bits per heavy atom. The third-order valence-electron chi connectivity index (χ3n) is 0.667. The van der Waals surface area contributed by atoms with Crippen LogP contribution in [0.3, 0.4) is 0 Å². The van der Waals surface area contributed by atoms with E-state index in [2.05, 4.69) is 33.0 Å². The van der Waals surface area contributed by atoms with Crippen molar-refractivity contribution in [3.63, 3.8) is 0 Å². The van der Waals surface area contributed by atoms with Crippen LogP contribution in [0, 0.1) is 0 Å². The first-order valence-electron chi connectivity index (χ1n) is 2.89. The SMILES string of the molecule is CC(C)NC(C)C.[Na]. The Kier molecular flexibility index (Phi) is 8.92. The molecule has 0 aromatic heterocycles. The van der Waals surface area contributed by atoms with Crippen molar-refractivity contribution < 1.29 is 0 Å². The van der Waals surface area contributed by atoms with Gasteiger partial charge in [-0.05, 0) is 0 Å². The second-order valence-electron chi connectivity index (χ2n) is 2.48. The summed E-state index contributed by atoms with van der Waals surface area (Å²) in [6.07, 6.45) is 0. The van der Waals surface area contributed by atoms with Crippen LogP contribution < -0.4 is 5.32 Å². The minimum absolute atomic E-state index is 0. The van der Waals surface area contributed by atoms with Crippen molar-refractivity contribution in [2.45, 2.75) is 39.8 Å². The van der Waals surface area contributed by atoms with Crippen molar-refractivity contribution in [2.75, 3.05) is 0 Å². The van der Waals surface area contributed by atoms with Gasteiger partial charge in [-0.3, -0.25) is 0 Å². The topological polar surface area (TPSA) is 12.0 Å². The molecule has 1 N–H and O–H groups in total. The molecular weight excluding hydrogens is 109 g/mol. The molecule has 0 heterocycles. The summed E-state index contributed by atoms with van der Waals surface area (Å²) >= 11 is 0. The molecule has 2 heteroatoms. The Morgan fingerprint density at radius 3 is 1.12 bits per heavy atom. The van der Waals surface area contributed by atoms with Crippen LogP contribution >= 0.6 is 0 Å². The fourth-order valence-electron chi connectivity index (χ4n) is 0.667. The van der Waals surface area contributed by atoms with E-state index in [0.29, 0.717) is 12.1 Å². The zero-order chi connectivity index (χ0) is 5.86. The molecule has 8 heavy (non-hydrogen) atoms. The molecule has 0 bridgehead atoms. The Hall–Kier alpha value is 0.960. The van der Waals surface area contributed by atoms with Crippen LogP contribution in [0.25, 0.3) is 0 Å². The predicted molar refractivity (Wildman–Crippen MR) is 39.2 cm³/mol. The molecule has 0 aliphatic rings. The van der Waals surface area contributed by atoms with Crippen LogP contribution in [0.2, 0.25) is 0 Å². The first kappa shape index (κ1) is 11.7. The van der Waals surface area contributed by atoms with Gasteiger partial charge < -0.3 is 5.32 Å². The molecule has 0 fully saturated rings. The van der Waals surface area contributed by atoms with Gasteiger partial charge in [-0.15, -0.1) is 0 Å². The summed E-state index contributed by atoms with van der Waals surface area (Å²) < 4.78 is 0. The molecule has 0 saturated carbocycles. The van der Waals surface area contributed by atoms with E-state index in [1.54, 1.807) is 0 Å². The molecule has 0 rings (SSSR count). The Balaban J connectivity index is 0. The van der Waals surface area contributed by atoms with Gasteiger partial charge in [0.15, 0.2) is 0 Å². The Labute approximate surface area is 74.5 Å². The van der Waals surface area contributed by atoms with Crippen molar-refractivity contribution in [3.8, 4) is 0 Å². The molecule has 0 aromatic carbocycles. The van der Waals surface area contributed by atoms with Gasteiger partial charge in [0.25, 0.3) is 0 Å². The zero-order valence-corrected chi connectivity index (χ0v) is 8.65. The molecule has 0 unspecified atom stereocenters. The maximum Gasteiger partial charge on any atom is 0.00127 e. The third kappa shape index (κ3) is 10.0. The van der Waals surface area contributed by atoms with E-state index in [1.807, 2.05) is 0 Å². The summed E-state index contributed by atoms with van der Waals surface area (Å²) in [5, 5.41) is 3.31. The fourth-order valence-corrected chi connectivity index (χ4v) is 0.667. The first-order chi connectivity index (χ1) is 3.13. The number of hydrogen-bond acceptors (Lipinski definition) is 1. The molecular formula is C6H15NNa. The largest absolute Gasteiger partial charge is 0.312 e. The van der Waals surface area contributed by atoms with E-state index in [0.717, 1.165) is 0 Å². The second-order valence-corrected chi connectivity index (χ2v) is 2.48. The maximum atomic E-state index is 3.31. The number of hydrogen-bond donors (Lipinski definition) is 1. The average molecular weight is 124 g/mol. The van der Waals surface area contributed by atoms with Crippen LogP contribution in [0.1, 0.15) is 27.7 Å². The van der Waals surface area contributed by atoms with Gasteiger partial charge in [-0.2, -0.15) is 0 Å². The fraction of sp³-hybridized carbons (Fsp3) is 1.00. The summed E-state index contributed by atoms with van der Waals surface area (Å²) in [4.78, 5) is 0.